The van der Waals surface area contributed by atoms with Crippen LogP contribution in [0.15, 0.2) is 36.9 Å². The van der Waals surface area contributed by atoms with Crippen molar-refractivity contribution in [1.82, 2.24) is 9.97 Å². The predicted molar refractivity (Wildman–Crippen MR) is 72.8 cm³/mol. The van der Waals surface area contributed by atoms with Crippen molar-refractivity contribution in [3.8, 4) is 0 Å². The van der Waals surface area contributed by atoms with Gasteiger partial charge in [-0.1, -0.05) is 12.1 Å². The number of rotatable bonds is 3. The average molecular weight is 272 g/mol. The lowest BCUT2D eigenvalue weighted by Crippen LogP contribution is -2.21. The number of anilines is 2. The predicted octanol–water partition coefficient (Wildman–Crippen LogP) is 2.13. The lowest BCUT2D eigenvalue weighted by Gasteiger charge is -2.12. The molecule has 102 valence electrons. The van der Waals surface area contributed by atoms with Gasteiger partial charge in [0.1, 0.15) is 6.33 Å². The zero-order valence-electron chi connectivity index (χ0n) is 10.6. The first kappa shape index (κ1) is 13.5. The molecule has 0 bridgehead atoms. The summed E-state index contributed by atoms with van der Waals surface area (Å²) in [4.78, 5) is 30.5. The van der Waals surface area contributed by atoms with Crippen LogP contribution in [0.2, 0.25) is 0 Å². The van der Waals surface area contributed by atoms with Crippen LogP contribution >= 0.6 is 0 Å². The van der Waals surface area contributed by atoms with Gasteiger partial charge in [0, 0.05) is 0 Å². The summed E-state index contributed by atoms with van der Waals surface area (Å²) in [7, 11) is 0. The molecule has 20 heavy (non-hydrogen) atoms. The normalized spacial score (nSPS) is 9.85. The fourth-order valence-corrected chi connectivity index (χ4v) is 1.65. The van der Waals surface area contributed by atoms with Crippen LogP contribution in [0.25, 0.3) is 0 Å². The number of aromatic carboxylic acids is 1. The minimum Gasteiger partial charge on any atom is -0.478 e. The number of nitrogens with one attached hydrogen (secondary N) is 2. The second kappa shape index (κ2) is 5.79. The third-order valence-electron chi connectivity index (χ3n) is 2.56. The van der Waals surface area contributed by atoms with Gasteiger partial charge in [0.25, 0.3) is 0 Å². The first-order valence-electron chi connectivity index (χ1n) is 5.74. The number of carboxylic acids is 1. The minimum absolute atomic E-state index is 0.0319. The number of hydrogen-bond acceptors (Lipinski definition) is 4. The molecule has 0 aliphatic rings. The molecule has 2 rings (SSSR count). The Labute approximate surface area is 114 Å². The molecule has 1 aromatic heterocycles. The SMILES string of the molecule is Cc1cccc(C(=O)O)c1NC(=O)Nc1cncnc1. The Bertz CT molecular complexity index is 643. The van der Waals surface area contributed by atoms with Crippen molar-refractivity contribution in [1.29, 1.82) is 0 Å². The number of hydrogen-bond donors (Lipinski definition) is 3. The molecule has 0 unspecified atom stereocenters. The van der Waals surface area contributed by atoms with E-state index in [9.17, 15) is 9.59 Å². The topological polar surface area (TPSA) is 104 Å². The quantitative estimate of drug-likeness (QED) is 0.793. The standard InChI is InChI=1S/C13H12N4O3/c1-8-3-2-4-10(12(18)19)11(8)17-13(20)16-9-5-14-7-15-6-9/h2-7H,1H3,(H,18,19)(H2,16,17,20). The van der Waals surface area contributed by atoms with E-state index in [0.29, 0.717) is 11.3 Å². The molecule has 7 heteroatoms. The van der Waals surface area contributed by atoms with Crippen molar-refractivity contribution >= 4 is 23.4 Å². The molecule has 0 aliphatic carbocycles. The molecule has 0 atom stereocenters. The van der Waals surface area contributed by atoms with Gasteiger partial charge in [0.15, 0.2) is 0 Å². The van der Waals surface area contributed by atoms with Crippen LogP contribution in [0, 0.1) is 6.92 Å². The third-order valence-corrected chi connectivity index (χ3v) is 2.56. The monoisotopic (exact) mass is 272 g/mol. The Hall–Kier alpha value is -2.96. The van der Waals surface area contributed by atoms with Crippen LogP contribution in [0.3, 0.4) is 0 Å². The van der Waals surface area contributed by atoms with Crippen LogP contribution < -0.4 is 10.6 Å². The lowest BCUT2D eigenvalue weighted by atomic mass is 10.1. The zero-order valence-corrected chi connectivity index (χ0v) is 10.6. The van der Waals surface area contributed by atoms with E-state index in [4.69, 9.17) is 5.11 Å². The van der Waals surface area contributed by atoms with Crippen molar-refractivity contribution in [2.75, 3.05) is 10.6 Å². The van der Waals surface area contributed by atoms with E-state index in [1.165, 1.54) is 24.8 Å². The number of urea groups is 1. The number of carbonyl (C=O) groups is 2. The van der Waals surface area contributed by atoms with Crippen molar-refractivity contribution in [3.05, 3.63) is 48.0 Å². The Morgan fingerprint density at radius 1 is 1.15 bits per heavy atom. The highest BCUT2D eigenvalue weighted by molar-refractivity contribution is 6.05. The first-order valence-corrected chi connectivity index (χ1v) is 5.74. The van der Waals surface area contributed by atoms with Crippen LogP contribution in [-0.2, 0) is 0 Å². The molecule has 2 aromatic rings. The molecule has 2 amide bonds. The van der Waals surface area contributed by atoms with Gasteiger partial charge in [-0.25, -0.2) is 19.6 Å². The molecule has 1 heterocycles. The van der Waals surface area contributed by atoms with E-state index < -0.39 is 12.0 Å². The fourth-order valence-electron chi connectivity index (χ4n) is 1.65. The molecule has 0 spiro atoms. The van der Waals surface area contributed by atoms with Crippen molar-refractivity contribution in [2.24, 2.45) is 0 Å². The van der Waals surface area contributed by atoms with Gasteiger partial charge in [-0.3, -0.25) is 0 Å². The molecule has 3 N–H and O–H groups in total. The molecule has 0 saturated heterocycles. The highest BCUT2D eigenvalue weighted by Crippen LogP contribution is 2.20. The maximum atomic E-state index is 11.8. The Balaban J connectivity index is 2.18. The largest absolute Gasteiger partial charge is 0.478 e. The molecular formula is C13H12N4O3. The summed E-state index contributed by atoms with van der Waals surface area (Å²) in [6.45, 7) is 1.72. The zero-order chi connectivity index (χ0) is 14.5. The van der Waals surface area contributed by atoms with Gasteiger partial charge in [-0.2, -0.15) is 0 Å². The molecule has 0 aliphatic heterocycles. The maximum Gasteiger partial charge on any atom is 0.337 e. The van der Waals surface area contributed by atoms with Crippen LogP contribution in [-0.4, -0.2) is 27.1 Å². The Morgan fingerprint density at radius 2 is 1.85 bits per heavy atom. The highest BCUT2D eigenvalue weighted by Gasteiger charge is 2.14. The number of aryl methyl sites for hydroxylation is 1. The number of amides is 2. The summed E-state index contributed by atoms with van der Waals surface area (Å²) in [6, 6.07) is 4.20. The summed E-state index contributed by atoms with van der Waals surface area (Å²) in [5, 5.41) is 14.1. The summed E-state index contributed by atoms with van der Waals surface area (Å²) < 4.78 is 0. The van der Waals surface area contributed by atoms with Gasteiger partial charge in [-0.05, 0) is 18.6 Å². The molecular weight excluding hydrogens is 260 g/mol. The molecule has 0 radical (unpaired) electrons. The van der Waals surface area contributed by atoms with Crippen LogP contribution in [0.4, 0.5) is 16.2 Å². The summed E-state index contributed by atoms with van der Waals surface area (Å²) in [5.74, 6) is -1.10. The van der Waals surface area contributed by atoms with Gasteiger partial charge in [0.05, 0.1) is 29.3 Å². The number of nitrogens with zero attached hydrogens (tertiary/aromatic N) is 2. The molecule has 0 saturated carbocycles. The average Bonchev–Trinajstić information content (AvgIpc) is 2.42. The molecule has 1 aromatic carbocycles. The van der Waals surface area contributed by atoms with Crippen LogP contribution in [0.5, 0.6) is 0 Å². The first-order chi connectivity index (χ1) is 9.58. The maximum absolute atomic E-state index is 11.8. The highest BCUT2D eigenvalue weighted by atomic mass is 16.4. The number of carboxylic acid groups (broad SMARTS) is 1. The summed E-state index contributed by atoms with van der Waals surface area (Å²) >= 11 is 0. The van der Waals surface area contributed by atoms with Crippen molar-refractivity contribution < 1.29 is 14.7 Å². The van der Waals surface area contributed by atoms with Crippen molar-refractivity contribution in [2.45, 2.75) is 6.92 Å². The van der Waals surface area contributed by atoms with Gasteiger partial charge in [-0.15, -0.1) is 0 Å². The summed E-state index contributed by atoms with van der Waals surface area (Å²) in [5.41, 5.74) is 1.36. The third kappa shape index (κ3) is 3.08. The number of para-hydroxylation sites is 1. The van der Waals surface area contributed by atoms with E-state index in [2.05, 4.69) is 20.6 Å². The fraction of sp³-hybridized carbons (Fsp3) is 0.0769. The van der Waals surface area contributed by atoms with E-state index in [0.717, 1.165) is 0 Å². The Kier molecular flexibility index (Phi) is 3.90. The van der Waals surface area contributed by atoms with E-state index >= 15 is 0 Å². The van der Waals surface area contributed by atoms with E-state index in [1.54, 1.807) is 19.1 Å². The number of benzene rings is 1. The van der Waals surface area contributed by atoms with Crippen molar-refractivity contribution in [3.63, 3.8) is 0 Å². The van der Waals surface area contributed by atoms with E-state index in [-0.39, 0.29) is 11.3 Å². The number of aromatic nitrogens is 2. The Morgan fingerprint density at radius 3 is 2.50 bits per heavy atom. The van der Waals surface area contributed by atoms with Gasteiger partial charge >= 0.3 is 12.0 Å². The smallest absolute Gasteiger partial charge is 0.337 e. The molecule has 7 nitrogen and oxygen atoms in total. The minimum atomic E-state index is -1.10. The van der Waals surface area contributed by atoms with Crippen LogP contribution in [0.1, 0.15) is 15.9 Å². The number of carbonyl (C=O) groups excluding carboxylic acids is 1. The van der Waals surface area contributed by atoms with E-state index in [1.807, 2.05) is 0 Å². The second-order valence-corrected chi connectivity index (χ2v) is 4.01. The summed E-state index contributed by atoms with van der Waals surface area (Å²) in [6.07, 6.45) is 4.21. The van der Waals surface area contributed by atoms with Gasteiger partial charge < -0.3 is 15.7 Å². The lowest BCUT2D eigenvalue weighted by molar-refractivity contribution is 0.0698. The second-order valence-electron chi connectivity index (χ2n) is 4.01. The van der Waals surface area contributed by atoms with Gasteiger partial charge in [0.2, 0.25) is 0 Å². The molecule has 0 fully saturated rings.